The maximum atomic E-state index is 6.30. The van der Waals surface area contributed by atoms with Crippen molar-refractivity contribution < 1.29 is 4.42 Å². The lowest BCUT2D eigenvalue weighted by Crippen LogP contribution is -1.96. The van der Waals surface area contributed by atoms with E-state index >= 15 is 0 Å². The summed E-state index contributed by atoms with van der Waals surface area (Å²) in [5, 5.41) is 2.21. The lowest BCUT2D eigenvalue weighted by Gasteiger charge is -2.07. The zero-order chi connectivity index (χ0) is 12.7. The Morgan fingerprint density at radius 1 is 1.06 bits per heavy atom. The summed E-state index contributed by atoms with van der Waals surface area (Å²) < 4.78 is 5.97. The summed E-state index contributed by atoms with van der Waals surface area (Å²) in [6, 6.07) is 10.3. The summed E-state index contributed by atoms with van der Waals surface area (Å²) in [6.45, 7) is 4.29. The van der Waals surface area contributed by atoms with Crippen LogP contribution >= 0.6 is 0 Å². The molecule has 0 fully saturated rings. The fourth-order valence-electron chi connectivity index (χ4n) is 2.61. The first-order valence-corrected chi connectivity index (χ1v) is 6.47. The number of benzene rings is 2. The Bertz CT molecular complexity index is 725. The van der Waals surface area contributed by atoms with Crippen molar-refractivity contribution in [2.45, 2.75) is 26.7 Å². The molecule has 0 spiro atoms. The van der Waals surface area contributed by atoms with E-state index in [0.29, 0.717) is 0 Å². The van der Waals surface area contributed by atoms with Gasteiger partial charge in [0.1, 0.15) is 11.2 Å². The highest BCUT2D eigenvalue weighted by molar-refractivity contribution is 6.12. The fourth-order valence-corrected chi connectivity index (χ4v) is 2.61. The summed E-state index contributed by atoms with van der Waals surface area (Å²) in [4.78, 5) is 0. The van der Waals surface area contributed by atoms with Gasteiger partial charge in [0, 0.05) is 11.1 Å². The number of nitrogen functional groups attached to an aromatic ring is 1. The molecule has 18 heavy (non-hydrogen) atoms. The Hall–Kier alpha value is -1.96. The summed E-state index contributed by atoms with van der Waals surface area (Å²) >= 11 is 0. The van der Waals surface area contributed by atoms with Gasteiger partial charge in [-0.05, 0) is 30.0 Å². The molecule has 3 rings (SSSR count). The average molecular weight is 239 g/mol. The van der Waals surface area contributed by atoms with Gasteiger partial charge in [0.05, 0.1) is 5.39 Å². The van der Waals surface area contributed by atoms with Gasteiger partial charge in [-0.25, -0.2) is 0 Å². The molecule has 0 saturated carbocycles. The van der Waals surface area contributed by atoms with Gasteiger partial charge < -0.3 is 10.2 Å². The molecule has 0 bridgehead atoms. The highest BCUT2D eigenvalue weighted by Gasteiger charge is 2.15. The smallest absolute Gasteiger partial charge is 0.140 e. The van der Waals surface area contributed by atoms with Crippen LogP contribution in [0, 0.1) is 0 Å². The maximum Gasteiger partial charge on any atom is 0.140 e. The van der Waals surface area contributed by atoms with Crippen molar-refractivity contribution in [2.24, 2.45) is 0 Å². The number of rotatable bonds is 2. The van der Waals surface area contributed by atoms with Crippen LogP contribution in [-0.2, 0) is 12.8 Å². The van der Waals surface area contributed by atoms with Crippen LogP contribution in [0.5, 0.6) is 0 Å². The Labute approximate surface area is 106 Å². The number of anilines is 1. The van der Waals surface area contributed by atoms with Crippen molar-refractivity contribution in [1.29, 1.82) is 0 Å². The van der Waals surface area contributed by atoms with Crippen LogP contribution in [0.15, 0.2) is 34.7 Å². The van der Waals surface area contributed by atoms with E-state index in [9.17, 15) is 0 Å². The predicted octanol–water partition coefficient (Wildman–Crippen LogP) is 4.29. The Balaban J connectivity index is 2.54. The predicted molar refractivity (Wildman–Crippen MR) is 76.9 cm³/mol. The van der Waals surface area contributed by atoms with Crippen LogP contribution in [0.1, 0.15) is 25.0 Å². The normalized spacial score (nSPS) is 11.4. The van der Waals surface area contributed by atoms with Gasteiger partial charge in [-0.1, -0.05) is 38.1 Å². The van der Waals surface area contributed by atoms with Crippen LogP contribution in [0.2, 0.25) is 0 Å². The molecule has 0 saturated heterocycles. The second-order valence-corrected chi connectivity index (χ2v) is 4.62. The number of hydrogen-bond donors (Lipinski definition) is 1. The lowest BCUT2D eigenvalue weighted by molar-refractivity contribution is 0.663. The third kappa shape index (κ3) is 1.42. The van der Waals surface area contributed by atoms with E-state index in [4.69, 9.17) is 10.2 Å². The van der Waals surface area contributed by atoms with E-state index in [1.54, 1.807) is 0 Å². The zero-order valence-electron chi connectivity index (χ0n) is 10.8. The quantitative estimate of drug-likeness (QED) is 0.677. The molecule has 2 N–H and O–H groups in total. The molecule has 1 heterocycles. The van der Waals surface area contributed by atoms with E-state index in [-0.39, 0.29) is 0 Å². The van der Waals surface area contributed by atoms with Gasteiger partial charge in [0.15, 0.2) is 0 Å². The monoisotopic (exact) mass is 239 g/mol. The molecule has 3 aromatic rings. The number of nitrogens with two attached hydrogens (primary N) is 1. The molecule has 0 radical (unpaired) electrons. The molecular weight excluding hydrogens is 222 g/mol. The van der Waals surface area contributed by atoms with Gasteiger partial charge >= 0.3 is 0 Å². The number of furan rings is 1. The summed E-state index contributed by atoms with van der Waals surface area (Å²) in [6.07, 6.45) is 1.91. The van der Waals surface area contributed by atoms with Crippen LogP contribution in [0.3, 0.4) is 0 Å². The summed E-state index contributed by atoms with van der Waals surface area (Å²) in [5.74, 6) is 0. The highest BCUT2D eigenvalue weighted by Crippen LogP contribution is 2.37. The standard InChI is InChI=1S/C16H17NO/c1-3-10-9-11(4-2)16-14(15(10)17)12-7-5-6-8-13(12)18-16/h5-9H,3-4,17H2,1-2H3. The van der Waals surface area contributed by atoms with Gasteiger partial charge in [-0.3, -0.25) is 0 Å². The van der Waals surface area contributed by atoms with Gasteiger partial charge in [-0.15, -0.1) is 0 Å². The van der Waals surface area contributed by atoms with E-state index in [0.717, 1.165) is 40.5 Å². The van der Waals surface area contributed by atoms with E-state index < -0.39 is 0 Å². The van der Waals surface area contributed by atoms with E-state index in [2.05, 4.69) is 26.0 Å². The first-order chi connectivity index (χ1) is 8.76. The molecule has 1 aromatic heterocycles. The highest BCUT2D eigenvalue weighted by atomic mass is 16.3. The molecule has 0 amide bonds. The first kappa shape index (κ1) is 11.1. The van der Waals surface area contributed by atoms with Crippen molar-refractivity contribution in [3.63, 3.8) is 0 Å². The van der Waals surface area contributed by atoms with Gasteiger partial charge in [0.25, 0.3) is 0 Å². The van der Waals surface area contributed by atoms with Gasteiger partial charge in [0.2, 0.25) is 0 Å². The second-order valence-electron chi connectivity index (χ2n) is 4.62. The maximum absolute atomic E-state index is 6.30. The molecule has 0 aliphatic heterocycles. The number of fused-ring (bicyclic) bond motifs is 3. The third-order valence-corrected chi connectivity index (χ3v) is 3.61. The van der Waals surface area contributed by atoms with E-state index in [1.807, 2.05) is 18.2 Å². The van der Waals surface area contributed by atoms with Crippen molar-refractivity contribution in [1.82, 2.24) is 0 Å². The first-order valence-electron chi connectivity index (χ1n) is 6.47. The topological polar surface area (TPSA) is 39.2 Å². The minimum Gasteiger partial charge on any atom is -0.456 e. The molecule has 2 aromatic carbocycles. The molecule has 92 valence electrons. The molecule has 0 unspecified atom stereocenters. The molecule has 0 atom stereocenters. The zero-order valence-corrected chi connectivity index (χ0v) is 10.8. The number of aryl methyl sites for hydroxylation is 2. The van der Waals surface area contributed by atoms with Crippen molar-refractivity contribution in [3.8, 4) is 0 Å². The number of hydrogen-bond acceptors (Lipinski definition) is 2. The molecule has 2 nitrogen and oxygen atoms in total. The lowest BCUT2D eigenvalue weighted by atomic mass is 9.99. The molecular formula is C16H17NO. The molecule has 2 heteroatoms. The molecule has 0 aliphatic rings. The minimum atomic E-state index is 0.870. The van der Waals surface area contributed by atoms with Crippen LogP contribution in [0.4, 0.5) is 5.69 Å². The van der Waals surface area contributed by atoms with Crippen LogP contribution in [-0.4, -0.2) is 0 Å². The minimum absolute atomic E-state index is 0.870. The largest absolute Gasteiger partial charge is 0.456 e. The summed E-state index contributed by atoms with van der Waals surface area (Å²) in [7, 11) is 0. The Morgan fingerprint density at radius 2 is 1.78 bits per heavy atom. The van der Waals surface area contributed by atoms with Crippen LogP contribution < -0.4 is 5.73 Å². The fraction of sp³-hybridized carbons (Fsp3) is 0.250. The van der Waals surface area contributed by atoms with Crippen molar-refractivity contribution in [2.75, 3.05) is 5.73 Å². The average Bonchev–Trinajstić information content (AvgIpc) is 2.79. The Morgan fingerprint density at radius 3 is 2.50 bits per heavy atom. The van der Waals surface area contributed by atoms with Crippen molar-refractivity contribution in [3.05, 3.63) is 41.5 Å². The van der Waals surface area contributed by atoms with E-state index in [1.165, 1.54) is 11.1 Å². The molecule has 0 aliphatic carbocycles. The summed E-state index contributed by atoms with van der Waals surface area (Å²) in [5.41, 5.74) is 11.5. The van der Waals surface area contributed by atoms with Crippen LogP contribution in [0.25, 0.3) is 21.9 Å². The number of para-hydroxylation sites is 1. The Kier molecular flexibility index (Phi) is 2.51. The third-order valence-electron chi connectivity index (χ3n) is 3.61. The SMILES string of the molecule is CCc1cc(CC)c2oc3ccccc3c2c1N. The van der Waals surface area contributed by atoms with Crippen molar-refractivity contribution >= 4 is 27.6 Å². The van der Waals surface area contributed by atoms with Gasteiger partial charge in [-0.2, -0.15) is 0 Å². The second kappa shape index (κ2) is 4.05.